The van der Waals surface area contributed by atoms with Gasteiger partial charge in [-0.1, -0.05) is 61.9 Å². The first-order chi connectivity index (χ1) is 11.3. The summed E-state index contributed by atoms with van der Waals surface area (Å²) in [5.74, 6) is 0.618. The molecule has 2 aromatic carbocycles. The molecule has 2 nitrogen and oxygen atoms in total. The number of benzene rings is 2. The van der Waals surface area contributed by atoms with Crippen LogP contribution in [-0.2, 0) is 11.2 Å². The van der Waals surface area contributed by atoms with Crippen LogP contribution in [0.5, 0.6) is 0 Å². The van der Waals surface area contributed by atoms with Crippen LogP contribution in [0.2, 0.25) is 0 Å². The summed E-state index contributed by atoms with van der Waals surface area (Å²) in [6.07, 6.45) is 5.36. The molecule has 0 saturated carbocycles. The van der Waals surface area contributed by atoms with Crippen molar-refractivity contribution in [2.45, 2.75) is 38.5 Å². The van der Waals surface area contributed by atoms with E-state index in [0.29, 0.717) is 24.5 Å². The van der Waals surface area contributed by atoms with Gasteiger partial charge in [0.2, 0.25) is 0 Å². The minimum Gasteiger partial charge on any atom is -0.361 e. The van der Waals surface area contributed by atoms with Gasteiger partial charge < -0.3 is 4.98 Å². The second-order valence-electron chi connectivity index (χ2n) is 6.18. The van der Waals surface area contributed by atoms with E-state index in [1.54, 1.807) is 0 Å². The molecule has 0 bridgehead atoms. The highest BCUT2D eigenvalue weighted by Gasteiger charge is 2.18. The first-order valence-corrected chi connectivity index (χ1v) is 8.39. The molecular weight excluding hydrogens is 282 g/mol. The molecule has 1 aromatic heterocycles. The largest absolute Gasteiger partial charge is 0.361 e. The first-order valence-electron chi connectivity index (χ1n) is 8.39. The fourth-order valence-corrected chi connectivity index (χ4v) is 3.32. The average molecular weight is 305 g/mol. The van der Waals surface area contributed by atoms with Gasteiger partial charge in [-0.25, -0.2) is 0 Å². The number of carbonyl (C=O) groups is 1. The summed E-state index contributed by atoms with van der Waals surface area (Å²) in [6, 6.07) is 18.4. The lowest BCUT2D eigenvalue weighted by Gasteiger charge is -2.15. The molecule has 0 fully saturated rings. The van der Waals surface area contributed by atoms with E-state index >= 15 is 0 Å². The van der Waals surface area contributed by atoms with E-state index < -0.39 is 0 Å². The molecule has 118 valence electrons. The van der Waals surface area contributed by atoms with Crippen molar-refractivity contribution in [2.24, 2.45) is 0 Å². The number of carbonyl (C=O) groups excluding carboxylic acids is 1. The predicted molar refractivity (Wildman–Crippen MR) is 95.7 cm³/mol. The zero-order chi connectivity index (χ0) is 16.1. The molecule has 0 saturated heterocycles. The maximum absolute atomic E-state index is 12.5. The molecule has 0 aliphatic rings. The number of fused-ring (bicyclic) bond motifs is 1. The Hall–Kier alpha value is -2.35. The van der Waals surface area contributed by atoms with Gasteiger partial charge in [0.25, 0.3) is 0 Å². The molecule has 3 aromatic rings. The molecular formula is C21H23NO. The molecule has 1 atom stereocenters. The van der Waals surface area contributed by atoms with E-state index in [4.69, 9.17) is 0 Å². The van der Waals surface area contributed by atoms with Crippen molar-refractivity contribution < 1.29 is 4.79 Å². The zero-order valence-electron chi connectivity index (χ0n) is 13.6. The van der Waals surface area contributed by atoms with Crippen molar-refractivity contribution in [2.75, 3.05) is 0 Å². The third kappa shape index (κ3) is 3.70. The number of rotatable bonds is 7. The third-order valence-electron chi connectivity index (χ3n) is 4.42. The lowest BCUT2D eigenvalue weighted by Crippen LogP contribution is -2.09. The molecule has 3 rings (SSSR count). The Balaban J connectivity index is 1.77. The highest BCUT2D eigenvalue weighted by molar-refractivity contribution is 5.86. The van der Waals surface area contributed by atoms with Gasteiger partial charge in [-0.3, -0.25) is 4.79 Å². The van der Waals surface area contributed by atoms with Crippen LogP contribution in [0.15, 0.2) is 60.8 Å². The van der Waals surface area contributed by atoms with Crippen molar-refractivity contribution in [3.63, 3.8) is 0 Å². The van der Waals surface area contributed by atoms with E-state index in [0.717, 1.165) is 23.9 Å². The van der Waals surface area contributed by atoms with E-state index in [2.05, 4.69) is 36.3 Å². The van der Waals surface area contributed by atoms with Gasteiger partial charge in [-0.15, -0.1) is 0 Å². The number of aromatic amines is 1. The van der Waals surface area contributed by atoms with Gasteiger partial charge in [-0.2, -0.15) is 0 Å². The van der Waals surface area contributed by atoms with Crippen LogP contribution in [0.1, 0.15) is 43.2 Å². The van der Waals surface area contributed by atoms with Crippen LogP contribution in [0.4, 0.5) is 0 Å². The normalized spacial score (nSPS) is 12.4. The van der Waals surface area contributed by atoms with Gasteiger partial charge in [0, 0.05) is 29.9 Å². The summed E-state index contributed by atoms with van der Waals surface area (Å²) in [6.45, 7) is 2.18. The molecule has 2 heteroatoms. The Bertz CT molecular complexity index is 773. The molecule has 0 unspecified atom stereocenters. The quantitative estimate of drug-likeness (QED) is 0.635. The highest BCUT2D eigenvalue weighted by atomic mass is 16.1. The van der Waals surface area contributed by atoms with E-state index in [-0.39, 0.29) is 0 Å². The van der Waals surface area contributed by atoms with E-state index in [9.17, 15) is 4.79 Å². The molecule has 0 amide bonds. The monoisotopic (exact) mass is 305 g/mol. The van der Waals surface area contributed by atoms with Crippen LogP contribution in [0.25, 0.3) is 10.9 Å². The standard InChI is InChI=1S/C21H23NO/c1-2-8-17(14-18(23)13-16-9-4-3-5-10-16)20-15-22-21-12-7-6-11-19(20)21/h3-7,9-12,15,17,22H,2,8,13-14H2,1H3/t17-/m1/s1. The van der Waals surface area contributed by atoms with Crippen LogP contribution in [0.3, 0.4) is 0 Å². The number of Topliss-reactive ketones (excluding diaryl/α,β-unsaturated/α-hetero) is 1. The SMILES string of the molecule is CCC[C@H](CC(=O)Cc1ccccc1)c1c[nH]c2ccccc12. The number of nitrogens with one attached hydrogen (secondary N) is 1. The minimum absolute atomic E-state index is 0.298. The van der Waals surface area contributed by atoms with Crippen molar-refractivity contribution in [3.8, 4) is 0 Å². The Kier molecular flexibility index (Phi) is 4.92. The third-order valence-corrected chi connectivity index (χ3v) is 4.42. The van der Waals surface area contributed by atoms with Gasteiger partial charge in [0.15, 0.2) is 0 Å². The number of ketones is 1. The van der Waals surface area contributed by atoms with Crippen molar-refractivity contribution in [1.82, 2.24) is 4.98 Å². The number of H-pyrrole nitrogens is 1. The molecule has 1 N–H and O–H groups in total. The summed E-state index contributed by atoms with van der Waals surface area (Å²) in [5, 5.41) is 1.25. The summed E-state index contributed by atoms with van der Waals surface area (Å²) in [7, 11) is 0. The van der Waals surface area contributed by atoms with Crippen molar-refractivity contribution >= 4 is 16.7 Å². The predicted octanol–water partition coefficient (Wildman–Crippen LogP) is 5.25. The molecule has 1 heterocycles. The smallest absolute Gasteiger partial charge is 0.137 e. The summed E-state index contributed by atoms with van der Waals surface area (Å²) >= 11 is 0. The Morgan fingerprint density at radius 3 is 2.57 bits per heavy atom. The maximum Gasteiger partial charge on any atom is 0.137 e. The van der Waals surface area contributed by atoms with Gasteiger partial charge in [-0.05, 0) is 29.5 Å². The lowest BCUT2D eigenvalue weighted by molar-refractivity contribution is -0.118. The molecule has 0 aliphatic heterocycles. The first kappa shape index (κ1) is 15.5. The van der Waals surface area contributed by atoms with Crippen LogP contribution in [0, 0.1) is 0 Å². The van der Waals surface area contributed by atoms with E-state index in [1.807, 2.05) is 36.4 Å². The number of para-hydroxylation sites is 1. The Morgan fingerprint density at radius 2 is 1.78 bits per heavy atom. The topological polar surface area (TPSA) is 32.9 Å². The van der Waals surface area contributed by atoms with Gasteiger partial charge in [0.05, 0.1) is 0 Å². The van der Waals surface area contributed by atoms with Crippen LogP contribution in [-0.4, -0.2) is 10.8 Å². The van der Waals surface area contributed by atoms with Gasteiger partial charge in [0.1, 0.15) is 5.78 Å². The second-order valence-corrected chi connectivity index (χ2v) is 6.18. The Labute approximate surface area is 137 Å². The van der Waals surface area contributed by atoms with Crippen LogP contribution >= 0.6 is 0 Å². The summed E-state index contributed by atoms with van der Waals surface area (Å²) in [5.41, 5.74) is 3.54. The Morgan fingerprint density at radius 1 is 1.04 bits per heavy atom. The fourth-order valence-electron chi connectivity index (χ4n) is 3.32. The fraction of sp³-hybridized carbons (Fsp3) is 0.286. The summed E-state index contributed by atoms with van der Waals surface area (Å²) in [4.78, 5) is 15.9. The molecule has 0 aliphatic carbocycles. The van der Waals surface area contributed by atoms with Crippen LogP contribution < -0.4 is 0 Å². The lowest BCUT2D eigenvalue weighted by atomic mass is 9.88. The second kappa shape index (κ2) is 7.28. The highest BCUT2D eigenvalue weighted by Crippen LogP contribution is 2.31. The van der Waals surface area contributed by atoms with Crippen molar-refractivity contribution in [3.05, 3.63) is 71.9 Å². The average Bonchev–Trinajstić information content (AvgIpc) is 2.99. The number of aromatic nitrogens is 1. The molecule has 0 radical (unpaired) electrons. The maximum atomic E-state index is 12.5. The van der Waals surface area contributed by atoms with Crippen molar-refractivity contribution in [1.29, 1.82) is 0 Å². The number of hydrogen-bond acceptors (Lipinski definition) is 1. The minimum atomic E-state index is 0.298. The summed E-state index contributed by atoms with van der Waals surface area (Å²) < 4.78 is 0. The molecule has 23 heavy (non-hydrogen) atoms. The van der Waals surface area contributed by atoms with Gasteiger partial charge >= 0.3 is 0 Å². The van der Waals surface area contributed by atoms with E-state index in [1.165, 1.54) is 10.9 Å². The number of hydrogen-bond donors (Lipinski definition) is 1. The zero-order valence-corrected chi connectivity index (χ0v) is 13.6. The molecule has 0 spiro atoms.